The number of nitrogens with zero attached hydrogens (tertiary/aromatic N) is 6. The van der Waals surface area contributed by atoms with E-state index in [2.05, 4.69) is 25.0 Å². The molecule has 0 aliphatic carbocycles. The Labute approximate surface area is 278 Å². The number of hydrogen-bond donors (Lipinski definition) is 2. The topological polar surface area (TPSA) is 164 Å². The molecule has 4 aromatic rings. The molecular weight excluding hydrogens is 612 g/mol. The number of methoxy groups -OCH3 is 2. The molecular formula is C35H38N8O5. The largest absolute Gasteiger partial charge is 0.493 e. The number of morpholine rings is 1. The van der Waals surface area contributed by atoms with Crippen LogP contribution in [0.3, 0.4) is 0 Å². The maximum Gasteiger partial charge on any atom is 0.267 e. The number of nitrogens with two attached hydrogens (primary N) is 2. The Kier molecular flexibility index (Phi) is 10.1. The van der Waals surface area contributed by atoms with Gasteiger partial charge < -0.3 is 30.4 Å². The highest BCUT2D eigenvalue weighted by molar-refractivity contribution is 5.95. The van der Waals surface area contributed by atoms with Gasteiger partial charge in [-0.3, -0.25) is 9.69 Å². The molecule has 0 bridgehead atoms. The summed E-state index contributed by atoms with van der Waals surface area (Å²) in [6.45, 7) is 4.61. The predicted octanol–water partition coefficient (Wildman–Crippen LogP) is 3.33. The van der Waals surface area contributed by atoms with Crippen LogP contribution in [0.25, 0.3) is 6.08 Å². The molecule has 0 spiro atoms. The minimum atomic E-state index is -0.505. The van der Waals surface area contributed by atoms with Crippen molar-refractivity contribution < 1.29 is 23.7 Å². The SMILES string of the molecule is COc1cc(Cc2cnc(N)nc2N)cc(C=CC(=O)N2N=Cc3ccccc3C2c2ccc(OCCN3CCOCC3)nc2)c1OC. The molecule has 1 atom stereocenters. The molecule has 1 unspecified atom stereocenters. The number of hydrazone groups is 1. The number of rotatable bonds is 11. The van der Waals surface area contributed by atoms with Crippen LogP contribution < -0.4 is 25.7 Å². The van der Waals surface area contributed by atoms with Crippen molar-refractivity contribution in [2.24, 2.45) is 5.10 Å². The van der Waals surface area contributed by atoms with Gasteiger partial charge in [-0.05, 0) is 41.0 Å². The molecule has 4 N–H and O–H groups in total. The Balaban J connectivity index is 1.23. The molecule has 1 fully saturated rings. The first kappa shape index (κ1) is 32.4. The molecule has 1 amide bonds. The number of hydrogen-bond acceptors (Lipinski definition) is 12. The normalized spacial score (nSPS) is 16.1. The minimum absolute atomic E-state index is 0.103. The van der Waals surface area contributed by atoms with E-state index in [1.807, 2.05) is 48.5 Å². The van der Waals surface area contributed by atoms with E-state index in [1.54, 1.807) is 38.9 Å². The van der Waals surface area contributed by atoms with Gasteiger partial charge in [0, 0.05) is 67.3 Å². The first-order chi connectivity index (χ1) is 23.4. The van der Waals surface area contributed by atoms with Gasteiger partial charge in [0.1, 0.15) is 18.5 Å². The second-order valence-corrected chi connectivity index (χ2v) is 11.3. The maximum absolute atomic E-state index is 13.9. The fourth-order valence-corrected chi connectivity index (χ4v) is 5.76. The Morgan fingerprint density at radius 3 is 2.62 bits per heavy atom. The first-order valence-electron chi connectivity index (χ1n) is 15.6. The van der Waals surface area contributed by atoms with Gasteiger partial charge in [0.05, 0.1) is 33.6 Å². The summed E-state index contributed by atoms with van der Waals surface area (Å²) < 4.78 is 22.6. The van der Waals surface area contributed by atoms with Gasteiger partial charge in [-0.1, -0.05) is 24.3 Å². The smallest absolute Gasteiger partial charge is 0.267 e. The Morgan fingerprint density at radius 1 is 1.04 bits per heavy atom. The number of ether oxygens (including phenoxy) is 4. The number of anilines is 2. The standard InChI is InChI=1S/C35H38N8O5/c1-45-29-19-23(18-27-21-39-35(37)41-34(27)36)17-24(33(29)46-2)8-10-31(44)43-32(28-6-4-3-5-25(28)22-40-43)26-7-9-30(38-20-26)48-16-13-42-11-14-47-15-12-42/h3-10,17,19-22,32H,11-16,18H2,1-2H3,(H4,36,37,39,41). The average Bonchev–Trinajstić information content (AvgIpc) is 3.11. The zero-order valence-corrected chi connectivity index (χ0v) is 26.9. The van der Waals surface area contributed by atoms with Gasteiger partial charge in [0.15, 0.2) is 11.5 Å². The van der Waals surface area contributed by atoms with E-state index in [4.69, 9.17) is 30.4 Å². The van der Waals surface area contributed by atoms with Crippen molar-refractivity contribution in [1.29, 1.82) is 0 Å². The Bertz CT molecular complexity index is 1810. The lowest BCUT2D eigenvalue weighted by atomic mass is 9.94. The van der Waals surface area contributed by atoms with E-state index in [0.29, 0.717) is 47.4 Å². The quantitative estimate of drug-likeness (QED) is 0.229. The number of aromatic nitrogens is 3. The fourth-order valence-electron chi connectivity index (χ4n) is 5.76. The number of benzene rings is 2. The third-order valence-corrected chi connectivity index (χ3v) is 8.20. The summed E-state index contributed by atoms with van der Waals surface area (Å²) in [6, 6.07) is 14.8. The third kappa shape index (κ3) is 7.37. The van der Waals surface area contributed by atoms with Crippen LogP contribution in [-0.2, 0) is 16.0 Å². The van der Waals surface area contributed by atoms with E-state index < -0.39 is 6.04 Å². The van der Waals surface area contributed by atoms with E-state index in [-0.39, 0.29) is 11.9 Å². The van der Waals surface area contributed by atoms with Crippen LogP contribution in [0.5, 0.6) is 17.4 Å². The first-order valence-corrected chi connectivity index (χ1v) is 15.6. The molecule has 13 heteroatoms. The molecule has 2 aliphatic heterocycles. The number of carbonyl (C=O) groups excluding carboxylic acids is 1. The molecule has 4 heterocycles. The molecule has 0 radical (unpaired) electrons. The van der Waals surface area contributed by atoms with Gasteiger partial charge in [0.2, 0.25) is 11.8 Å². The molecule has 6 rings (SSSR count). The lowest BCUT2D eigenvalue weighted by Gasteiger charge is -2.31. The highest BCUT2D eigenvalue weighted by Crippen LogP contribution is 2.36. The minimum Gasteiger partial charge on any atom is -0.493 e. The van der Waals surface area contributed by atoms with Gasteiger partial charge in [0.25, 0.3) is 5.91 Å². The van der Waals surface area contributed by atoms with Gasteiger partial charge in [-0.2, -0.15) is 10.1 Å². The number of carbonyl (C=O) groups is 1. The van der Waals surface area contributed by atoms with E-state index in [0.717, 1.165) is 55.1 Å². The van der Waals surface area contributed by atoms with Crippen LogP contribution in [0, 0.1) is 0 Å². The van der Waals surface area contributed by atoms with E-state index in [1.165, 1.54) is 11.1 Å². The summed E-state index contributed by atoms with van der Waals surface area (Å²) in [7, 11) is 3.10. The molecule has 248 valence electrons. The second-order valence-electron chi connectivity index (χ2n) is 11.3. The Morgan fingerprint density at radius 2 is 1.88 bits per heavy atom. The molecule has 1 saturated heterocycles. The Hall–Kier alpha value is -5.53. The zero-order valence-electron chi connectivity index (χ0n) is 26.9. The third-order valence-electron chi connectivity index (χ3n) is 8.20. The van der Waals surface area contributed by atoms with Crippen molar-refractivity contribution in [3.63, 3.8) is 0 Å². The monoisotopic (exact) mass is 650 g/mol. The van der Waals surface area contributed by atoms with Gasteiger partial charge >= 0.3 is 0 Å². The van der Waals surface area contributed by atoms with Crippen LogP contribution in [0.1, 0.15) is 39.4 Å². The molecule has 2 aromatic heterocycles. The summed E-state index contributed by atoms with van der Waals surface area (Å²) >= 11 is 0. The lowest BCUT2D eigenvalue weighted by molar-refractivity contribution is -0.127. The summed E-state index contributed by atoms with van der Waals surface area (Å²) in [5.41, 5.74) is 16.6. The maximum atomic E-state index is 13.9. The fraction of sp³-hybridized carbons (Fsp3) is 0.286. The summed E-state index contributed by atoms with van der Waals surface area (Å²) in [6.07, 6.45) is 8.59. The number of amides is 1. The van der Waals surface area contributed by atoms with Crippen LogP contribution in [0.2, 0.25) is 0 Å². The zero-order chi connectivity index (χ0) is 33.5. The van der Waals surface area contributed by atoms with Crippen molar-refractivity contribution in [2.45, 2.75) is 12.5 Å². The molecule has 13 nitrogen and oxygen atoms in total. The van der Waals surface area contributed by atoms with Crippen molar-refractivity contribution in [2.75, 3.05) is 65.1 Å². The summed E-state index contributed by atoms with van der Waals surface area (Å²) in [5.74, 6) is 1.56. The van der Waals surface area contributed by atoms with E-state index >= 15 is 0 Å². The van der Waals surface area contributed by atoms with Crippen molar-refractivity contribution in [3.8, 4) is 17.4 Å². The van der Waals surface area contributed by atoms with Crippen LogP contribution in [0.15, 0.2) is 72.1 Å². The summed E-state index contributed by atoms with van der Waals surface area (Å²) in [5, 5.41) is 6.02. The van der Waals surface area contributed by atoms with Crippen LogP contribution in [0.4, 0.5) is 11.8 Å². The lowest BCUT2D eigenvalue weighted by Crippen LogP contribution is -2.38. The number of fused-ring (bicyclic) bond motifs is 1. The number of pyridine rings is 1. The molecule has 2 aliphatic rings. The second kappa shape index (κ2) is 14.9. The highest BCUT2D eigenvalue weighted by Gasteiger charge is 2.30. The van der Waals surface area contributed by atoms with Crippen molar-refractivity contribution >= 4 is 30.0 Å². The van der Waals surface area contributed by atoms with E-state index in [9.17, 15) is 4.79 Å². The molecule has 2 aromatic carbocycles. The molecule has 0 saturated carbocycles. The van der Waals surface area contributed by atoms with Crippen molar-refractivity contribution in [3.05, 3.63) is 100 Å². The number of nitrogen functional groups attached to an aromatic ring is 2. The summed E-state index contributed by atoms with van der Waals surface area (Å²) in [4.78, 5) is 28.9. The van der Waals surface area contributed by atoms with Gasteiger partial charge in [-0.25, -0.2) is 15.0 Å². The van der Waals surface area contributed by atoms with Crippen LogP contribution in [-0.4, -0.2) is 90.7 Å². The predicted molar refractivity (Wildman–Crippen MR) is 182 cm³/mol. The average molecular weight is 651 g/mol. The van der Waals surface area contributed by atoms with Crippen molar-refractivity contribution in [1.82, 2.24) is 24.9 Å². The molecule has 48 heavy (non-hydrogen) atoms. The van der Waals surface area contributed by atoms with Crippen LogP contribution >= 0.6 is 0 Å². The highest BCUT2D eigenvalue weighted by atomic mass is 16.5. The van der Waals surface area contributed by atoms with Gasteiger partial charge in [-0.15, -0.1) is 0 Å².